The van der Waals surface area contributed by atoms with Crippen LogP contribution in [-0.2, 0) is 11.3 Å². The number of ether oxygens (including phenoxy) is 1. The van der Waals surface area contributed by atoms with Gasteiger partial charge in [0, 0.05) is 25.7 Å². The number of carbonyl (C=O) groups is 1. The number of guanidine groups is 1. The lowest BCUT2D eigenvalue weighted by atomic mass is 10.1. The average molecular weight is 372 g/mol. The molecule has 1 aromatic heterocycles. The topological polar surface area (TPSA) is 97.8 Å². The molecule has 0 aliphatic carbocycles. The first-order chi connectivity index (χ1) is 13.1. The Bertz CT molecular complexity index is 808. The molecule has 8 heteroatoms. The molecule has 3 rings (SSSR count). The number of hydrogen-bond donors (Lipinski definition) is 2. The number of aryl methyl sites for hydroxylation is 1. The number of nitrogens with zero attached hydrogens (tertiary/aromatic N) is 4. The van der Waals surface area contributed by atoms with E-state index in [4.69, 9.17) is 10.5 Å². The van der Waals surface area contributed by atoms with Gasteiger partial charge in [-0.3, -0.25) is 4.99 Å². The molecule has 1 aromatic carbocycles. The third-order valence-electron chi connectivity index (χ3n) is 4.82. The van der Waals surface area contributed by atoms with Gasteiger partial charge in [0.2, 0.25) is 0 Å². The smallest absolute Gasteiger partial charge is 0.409 e. The van der Waals surface area contributed by atoms with Crippen LogP contribution in [0.2, 0.25) is 0 Å². The van der Waals surface area contributed by atoms with Gasteiger partial charge in [0.05, 0.1) is 24.2 Å². The van der Waals surface area contributed by atoms with Crippen molar-refractivity contribution in [2.24, 2.45) is 10.7 Å². The number of fused-ring (bicyclic) bond motifs is 1. The number of amides is 1. The van der Waals surface area contributed by atoms with Crippen LogP contribution in [0, 0.1) is 6.92 Å². The number of rotatable bonds is 5. The number of para-hydroxylation sites is 2. The van der Waals surface area contributed by atoms with E-state index in [2.05, 4.69) is 25.9 Å². The summed E-state index contributed by atoms with van der Waals surface area (Å²) in [6.45, 7) is 6.88. The molecule has 1 amide bonds. The van der Waals surface area contributed by atoms with Crippen molar-refractivity contribution in [1.29, 1.82) is 0 Å². The first-order valence-electron chi connectivity index (χ1n) is 9.48. The molecule has 0 spiro atoms. The Kier molecular flexibility index (Phi) is 6.16. The molecule has 146 valence electrons. The molecule has 27 heavy (non-hydrogen) atoms. The van der Waals surface area contributed by atoms with E-state index in [0.29, 0.717) is 32.2 Å². The van der Waals surface area contributed by atoms with E-state index in [1.807, 2.05) is 32.0 Å². The van der Waals surface area contributed by atoms with Crippen molar-refractivity contribution in [2.45, 2.75) is 39.3 Å². The van der Waals surface area contributed by atoms with Gasteiger partial charge in [0.1, 0.15) is 5.82 Å². The predicted octanol–water partition coefficient (Wildman–Crippen LogP) is 1.87. The van der Waals surface area contributed by atoms with E-state index in [9.17, 15) is 4.79 Å². The summed E-state index contributed by atoms with van der Waals surface area (Å²) in [5.74, 6) is 1.43. The van der Waals surface area contributed by atoms with Gasteiger partial charge in [-0.2, -0.15) is 0 Å². The van der Waals surface area contributed by atoms with Crippen molar-refractivity contribution in [3.63, 3.8) is 0 Å². The van der Waals surface area contributed by atoms with E-state index < -0.39 is 0 Å². The maximum Gasteiger partial charge on any atom is 0.409 e. The van der Waals surface area contributed by atoms with Gasteiger partial charge in [-0.05, 0) is 38.8 Å². The summed E-state index contributed by atoms with van der Waals surface area (Å²) in [5, 5.41) is 3.27. The van der Waals surface area contributed by atoms with Gasteiger partial charge in [-0.1, -0.05) is 12.1 Å². The van der Waals surface area contributed by atoms with Crippen molar-refractivity contribution < 1.29 is 9.53 Å². The van der Waals surface area contributed by atoms with Gasteiger partial charge < -0.3 is 25.3 Å². The summed E-state index contributed by atoms with van der Waals surface area (Å²) in [4.78, 5) is 22.5. The zero-order valence-corrected chi connectivity index (χ0v) is 16.0. The van der Waals surface area contributed by atoms with Crippen molar-refractivity contribution >= 4 is 23.1 Å². The second-order valence-corrected chi connectivity index (χ2v) is 6.67. The highest BCUT2D eigenvalue weighted by Crippen LogP contribution is 2.15. The molecule has 1 aliphatic heterocycles. The fourth-order valence-corrected chi connectivity index (χ4v) is 3.42. The maximum absolute atomic E-state index is 11.7. The summed E-state index contributed by atoms with van der Waals surface area (Å²) >= 11 is 0. The molecule has 2 aromatic rings. The molecule has 0 atom stereocenters. The minimum Gasteiger partial charge on any atom is -0.450 e. The lowest BCUT2D eigenvalue weighted by Crippen LogP contribution is -2.48. The van der Waals surface area contributed by atoms with Crippen molar-refractivity contribution in [3.8, 4) is 0 Å². The number of aliphatic imine (C=N–C) groups is 1. The van der Waals surface area contributed by atoms with E-state index in [1.54, 1.807) is 4.90 Å². The van der Waals surface area contributed by atoms with Gasteiger partial charge in [0.15, 0.2) is 5.96 Å². The Balaban J connectivity index is 1.48. The van der Waals surface area contributed by atoms with E-state index >= 15 is 0 Å². The number of carbonyl (C=O) groups excluding carboxylic acids is 1. The summed E-state index contributed by atoms with van der Waals surface area (Å²) in [7, 11) is 0. The molecule has 0 saturated carbocycles. The molecule has 1 saturated heterocycles. The Morgan fingerprint density at radius 2 is 2.11 bits per heavy atom. The average Bonchev–Trinajstić information content (AvgIpc) is 2.98. The van der Waals surface area contributed by atoms with Crippen molar-refractivity contribution in [3.05, 3.63) is 30.1 Å². The Hall–Kier alpha value is -2.77. The molecular weight excluding hydrogens is 344 g/mol. The summed E-state index contributed by atoms with van der Waals surface area (Å²) < 4.78 is 7.19. The SMILES string of the molecule is CCOC(=O)N1CCC(NC(N)=NCCn2c(C)nc3ccccc32)CC1. The van der Waals surface area contributed by atoms with E-state index in [-0.39, 0.29) is 12.1 Å². The maximum atomic E-state index is 11.7. The van der Waals surface area contributed by atoms with Crippen LogP contribution < -0.4 is 11.1 Å². The molecule has 0 unspecified atom stereocenters. The monoisotopic (exact) mass is 372 g/mol. The van der Waals surface area contributed by atoms with Gasteiger partial charge in [-0.15, -0.1) is 0 Å². The number of likely N-dealkylation sites (tertiary alicyclic amines) is 1. The molecular formula is C19H28N6O2. The predicted molar refractivity (Wildman–Crippen MR) is 106 cm³/mol. The molecule has 3 N–H and O–H groups in total. The zero-order chi connectivity index (χ0) is 19.2. The van der Waals surface area contributed by atoms with Crippen molar-refractivity contribution in [1.82, 2.24) is 19.8 Å². The number of nitrogens with one attached hydrogen (secondary N) is 1. The van der Waals surface area contributed by atoms with Crippen LogP contribution >= 0.6 is 0 Å². The molecule has 0 bridgehead atoms. The summed E-state index contributed by atoms with van der Waals surface area (Å²) in [6.07, 6.45) is 1.43. The third kappa shape index (κ3) is 4.69. The molecule has 0 radical (unpaired) electrons. The number of piperidine rings is 1. The summed E-state index contributed by atoms with van der Waals surface area (Å²) in [6, 6.07) is 8.32. The summed E-state index contributed by atoms with van der Waals surface area (Å²) in [5.41, 5.74) is 8.16. The fraction of sp³-hybridized carbons (Fsp3) is 0.526. The molecule has 8 nitrogen and oxygen atoms in total. The largest absolute Gasteiger partial charge is 0.450 e. The Labute approximate surface area is 159 Å². The van der Waals surface area contributed by atoms with Crippen LogP contribution in [0.25, 0.3) is 11.0 Å². The molecule has 1 fully saturated rings. The Morgan fingerprint density at radius 1 is 1.37 bits per heavy atom. The number of benzene rings is 1. The van der Waals surface area contributed by atoms with Crippen LogP contribution in [0.4, 0.5) is 4.79 Å². The normalized spacial score (nSPS) is 15.9. The molecule has 1 aliphatic rings. The van der Waals surface area contributed by atoms with Crippen LogP contribution in [0.1, 0.15) is 25.6 Å². The van der Waals surface area contributed by atoms with Crippen LogP contribution in [-0.4, -0.2) is 58.8 Å². The lowest BCUT2D eigenvalue weighted by molar-refractivity contribution is 0.0963. The second kappa shape index (κ2) is 8.75. The minimum atomic E-state index is -0.236. The van der Waals surface area contributed by atoms with Crippen LogP contribution in [0.5, 0.6) is 0 Å². The standard InChI is InChI=1S/C19H28N6O2/c1-3-27-19(26)24-11-8-15(9-12-24)23-18(20)21-10-13-25-14(2)22-16-6-4-5-7-17(16)25/h4-7,15H,3,8-13H2,1-2H3,(H3,20,21,23). The zero-order valence-electron chi connectivity index (χ0n) is 16.0. The second-order valence-electron chi connectivity index (χ2n) is 6.67. The third-order valence-corrected chi connectivity index (χ3v) is 4.82. The first-order valence-corrected chi connectivity index (χ1v) is 9.48. The number of hydrogen-bond acceptors (Lipinski definition) is 4. The van der Waals surface area contributed by atoms with Gasteiger partial charge >= 0.3 is 6.09 Å². The highest BCUT2D eigenvalue weighted by Gasteiger charge is 2.23. The highest BCUT2D eigenvalue weighted by atomic mass is 16.6. The number of aromatic nitrogens is 2. The number of nitrogens with two attached hydrogens (primary N) is 1. The minimum absolute atomic E-state index is 0.232. The quantitative estimate of drug-likeness (QED) is 0.617. The van der Waals surface area contributed by atoms with E-state index in [0.717, 1.165) is 36.2 Å². The molecule has 2 heterocycles. The van der Waals surface area contributed by atoms with Gasteiger partial charge in [-0.25, -0.2) is 9.78 Å². The Morgan fingerprint density at radius 3 is 2.85 bits per heavy atom. The fourth-order valence-electron chi connectivity index (χ4n) is 3.42. The van der Waals surface area contributed by atoms with Gasteiger partial charge in [0.25, 0.3) is 0 Å². The highest BCUT2D eigenvalue weighted by molar-refractivity contribution is 5.78. The van der Waals surface area contributed by atoms with Crippen molar-refractivity contribution in [2.75, 3.05) is 26.2 Å². The van der Waals surface area contributed by atoms with Crippen LogP contribution in [0.15, 0.2) is 29.3 Å². The van der Waals surface area contributed by atoms with Crippen LogP contribution in [0.3, 0.4) is 0 Å². The lowest BCUT2D eigenvalue weighted by Gasteiger charge is -2.31. The number of imidazole rings is 1. The first kappa shape index (κ1) is 19.0. The van der Waals surface area contributed by atoms with E-state index in [1.165, 1.54) is 0 Å².